The van der Waals surface area contributed by atoms with E-state index in [1.165, 1.54) is 43.7 Å². The highest BCUT2D eigenvalue weighted by Crippen LogP contribution is 2.28. The Morgan fingerprint density at radius 1 is 1.30 bits per heavy atom. The van der Waals surface area contributed by atoms with Crippen LogP contribution in [0, 0.1) is 5.82 Å². The molecule has 0 spiro atoms. The first-order valence-corrected chi connectivity index (χ1v) is 8.96. The van der Waals surface area contributed by atoms with Gasteiger partial charge in [0.25, 0.3) is 11.8 Å². The Morgan fingerprint density at radius 3 is 2.39 bits per heavy atom. The maximum atomic E-state index is 13.0. The van der Waals surface area contributed by atoms with Crippen molar-refractivity contribution in [3.05, 3.63) is 35.6 Å². The third-order valence-electron chi connectivity index (χ3n) is 3.31. The molecule has 124 valence electrons. The van der Waals surface area contributed by atoms with Crippen LogP contribution >= 0.6 is 0 Å². The zero-order valence-electron chi connectivity index (χ0n) is 12.8. The van der Waals surface area contributed by atoms with Crippen LogP contribution < -0.4 is 5.32 Å². The second kappa shape index (κ2) is 5.73. The summed E-state index contributed by atoms with van der Waals surface area (Å²) in [7, 11) is -2.67. The largest absolute Gasteiger partial charge is 0.325 e. The Morgan fingerprint density at radius 2 is 1.87 bits per heavy atom. The fraction of sp³-hybridized carbons (Fsp3) is 0.357. The van der Waals surface area contributed by atoms with Gasteiger partial charge in [0.05, 0.1) is 0 Å². The normalized spacial score (nSPS) is 21.3. The molecule has 1 aliphatic rings. The van der Waals surface area contributed by atoms with Crippen LogP contribution in [0.3, 0.4) is 0 Å². The van der Waals surface area contributed by atoms with Gasteiger partial charge in [-0.05, 0) is 24.6 Å². The molecule has 0 aromatic heterocycles. The molecule has 1 atom stereocenters. The molecule has 7 nitrogen and oxygen atoms in total. The van der Waals surface area contributed by atoms with Gasteiger partial charge in [0, 0.05) is 22.2 Å². The van der Waals surface area contributed by atoms with Gasteiger partial charge in [-0.2, -0.15) is 4.36 Å². The molecule has 1 aromatic carbocycles. The number of benzene rings is 1. The third-order valence-corrected chi connectivity index (χ3v) is 3.95. The molecule has 9 heteroatoms. The van der Waals surface area contributed by atoms with Crippen molar-refractivity contribution < 1.29 is 23.0 Å². The quantitative estimate of drug-likeness (QED) is 0.824. The van der Waals surface area contributed by atoms with E-state index in [-0.39, 0.29) is 0 Å². The number of rotatable bonds is 3. The van der Waals surface area contributed by atoms with Crippen molar-refractivity contribution in [1.82, 2.24) is 10.2 Å². The van der Waals surface area contributed by atoms with E-state index < -0.39 is 45.5 Å². The van der Waals surface area contributed by atoms with Gasteiger partial charge < -0.3 is 5.32 Å². The molecule has 1 unspecified atom stereocenters. The van der Waals surface area contributed by atoms with Crippen molar-refractivity contribution in [2.75, 3.05) is 19.1 Å². The average molecular weight is 341 g/mol. The highest BCUT2D eigenvalue weighted by atomic mass is 32.2. The topological polar surface area (TPSA) is 95.9 Å². The fourth-order valence-electron chi connectivity index (χ4n) is 2.23. The van der Waals surface area contributed by atoms with E-state index >= 15 is 0 Å². The smallest absolute Gasteiger partial charge is 0.319 e. The SMILES string of the molecule is CC1(c2ccc(F)cc2)NC(=O)N(CC(=O)N=S(C)(C)=O)C1=O. The summed E-state index contributed by atoms with van der Waals surface area (Å²) in [5.41, 5.74) is -1.01. The number of urea groups is 1. The number of carbonyl (C=O) groups is 3. The third kappa shape index (κ3) is 3.55. The summed E-state index contributed by atoms with van der Waals surface area (Å²) in [5.74, 6) is -1.95. The van der Waals surface area contributed by atoms with E-state index in [0.29, 0.717) is 10.5 Å². The highest BCUT2D eigenvalue weighted by Gasteiger charge is 2.49. The van der Waals surface area contributed by atoms with Crippen LogP contribution in [-0.2, 0) is 24.9 Å². The minimum atomic E-state index is -2.67. The molecule has 1 heterocycles. The van der Waals surface area contributed by atoms with Crippen molar-refractivity contribution in [2.24, 2.45) is 4.36 Å². The molecule has 1 N–H and O–H groups in total. The Hall–Kier alpha value is -2.29. The van der Waals surface area contributed by atoms with E-state index in [2.05, 4.69) is 9.68 Å². The second-order valence-electron chi connectivity index (χ2n) is 5.62. The predicted octanol–water partition coefficient (Wildman–Crippen LogP) is 0.847. The van der Waals surface area contributed by atoms with Crippen molar-refractivity contribution in [3.8, 4) is 0 Å². The van der Waals surface area contributed by atoms with E-state index in [0.717, 1.165) is 0 Å². The molecule has 0 saturated carbocycles. The van der Waals surface area contributed by atoms with E-state index in [9.17, 15) is 23.0 Å². The first-order chi connectivity index (χ1) is 10.5. The van der Waals surface area contributed by atoms with Gasteiger partial charge in [-0.3, -0.25) is 14.5 Å². The lowest BCUT2D eigenvalue weighted by atomic mass is 9.92. The molecule has 1 aliphatic heterocycles. The number of hydrogen-bond donors (Lipinski definition) is 1. The van der Waals surface area contributed by atoms with E-state index in [1.807, 2.05) is 0 Å². The maximum absolute atomic E-state index is 13.0. The van der Waals surface area contributed by atoms with Gasteiger partial charge in [-0.25, -0.2) is 13.4 Å². The molecule has 2 rings (SSSR count). The Labute approximate surface area is 133 Å². The summed E-state index contributed by atoms with van der Waals surface area (Å²) in [5, 5.41) is 2.48. The van der Waals surface area contributed by atoms with Gasteiger partial charge in [0.1, 0.15) is 17.9 Å². The predicted molar refractivity (Wildman–Crippen MR) is 81.4 cm³/mol. The second-order valence-corrected chi connectivity index (χ2v) is 8.16. The fourth-order valence-corrected chi connectivity index (χ4v) is 2.78. The summed E-state index contributed by atoms with van der Waals surface area (Å²) < 4.78 is 27.9. The Kier molecular flexibility index (Phi) is 4.25. The lowest BCUT2D eigenvalue weighted by Crippen LogP contribution is -2.41. The van der Waals surface area contributed by atoms with Gasteiger partial charge in [0.15, 0.2) is 0 Å². The lowest BCUT2D eigenvalue weighted by molar-refractivity contribution is -0.134. The van der Waals surface area contributed by atoms with E-state index in [1.54, 1.807) is 0 Å². The molecule has 0 radical (unpaired) electrons. The number of imide groups is 1. The molecule has 1 fully saturated rings. The van der Waals surface area contributed by atoms with Crippen molar-refractivity contribution in [1.29, 1.82) is 0 Å². The molecule has 23 heavy (non-hydrogen) atoms. The maximum Gasteiger partial charge on any atom is 0.325 e. The summed E-state index contributed by atoms with van der Waals surface area (Å²) in [6, 6.07) is 4.35. The van der Waals surface area contributed by atoms with Crippen LogP contribution in [0.25, 0.3) is 0 Å². The van der Waals surface area contributed by atoms with Crippen LogP contribution in [0.4, 0.5) is 9.18 Å². The number of amides is 4. The van der Waals surface area contributed by atoms with Crippen molar-refractivity contribution >= 4 is 27.6 Å². The molecule has 4 amide bonds. The molecule has 1 aromatic rings. The van der Waals surface area contributed by atoms with Gasteiger partial charge in [-0.15, -0.1) is 0 Å². The number of nitrogens with one attached hydrogen (secondary N) is 1. The average Bonchev–Trinajstić information content (AvgIpc) is 2.62. The zero-order chi connectivity index (χ0) is 17.4. The molecule has 1 saturated heterocycles. The molecule has 0 bridgehead atoms. The summed E-state index contributed by atoms with van der Waals surface area (Å²) in [6.07, 6.45) is 2.55. The van der Waals surface area contributed by atoms with E-state index in [4.69, 9.17) is 0 Å². The van der Waals surface area contributed by atoms with Crippen LogP contribution in [0.5, 0.6) is 0 Å². The first kappa shape index (κ1) is 17.1. The van der Waals surface area contributed by atoms with Crippen LogP contribution in [0.2, 0.25) is 0 Å². The monoisotopic (exact) mass is 341 g/mol. The minimum Gasteiger partial charge on any atom is -0.319 e. The van der Waals surface area contributed by atoms with Crippen LogP contribution in [-0.4, -0.2) is 46.0 Å². The Bertz CT molecular complexity index is 791. The number of halogens is 1. The van der Waals surface area contributed by atoms with Crippen LogP contribution in [0.15, 0.2) is 28.6 Å². The van der Waals surface area contributed by atoms with Crippen LogP contribution in [0.1, 0.15) is 12.5 Å². The molecular weight excluding hydrogens is 325 g/mol. The van der Waals surface area contributed by atoms with Gasteiger partial charge in [0.2, 0.25) is 0 Å². The van der Waals surface area contributed by atoms with Gasteiger partial charge in [-0.1, -0.05) is 12.1 Å². The lowest BCUT2D eigenvalue weighted by Gasteiger charge is -2.21. The van der Waals surface area contributed by atoms with Crippen molar-refractivity contribution in [3.63, 3.8) is 0 Å². The number of carbonyl (C=O) groups excluding carboxylic acids is 3. The van der Waals surface area contributed by atoms with Crippen molar-refractivity contribution in [2.45, 2.75) is 12.5 Å². The standard InChI is InChI=1S/C14H16FN3O4S/c1-14(9-4-6-10(15)7-5-9)12(20)18(13(21)16-14)8-11(19)17-23(2,3)22/h4-7H,8H2,1-3H3,(H,16,21). The molecular formula is C14H16FN3O4S. The molecule has 0 aliphatic carbocycles. The summed E-state index contributed by atoms with van der Waals surface area (Å²) in [6.45, 7) is 0.866. The van der Waals surface area contributed by atoms with Gasteiger partial charge >= 0.3 is 6.03 Å². The summed E-state index contributed by atoms with van der Waals surface area (Å²) >= 11 is 0. The first-order valence-electron chi connectivity index (χ1n) is 6.63. The number of nitrogens with zero attached hydrogens (tertiary/aromatic N) is 2. The summed E-state index contributed by atoms with van der Waals surface area (Å²) in [4.78, 5) is 36.9. The highest BCUT2D eigenvalue weighted by molar-refractivity contribution is 7.92. The zero-order valence-corrected chi connectivity index (χ0v) is 13.6. The Balaban J connectivity index is 2.28. The number of hydrogen-bond acceptors (Lipinski definition) is 4. The minimum absolute atomic E-state index is 0.388.